The molecule has 1 saturated heterocycles. The van der Waals surface area contributed by atoms with E-state index in [2.05, 4.69) is 19.7 Å². The molecule has 0 spiro atoms. The van der Waals surface area contributed by atoms with Gasteiger partial charge in [0.2, 0.25) is 12.4 Å². The van der Waals surface area contributed by atoms with Crippen LogP contribution in [0.1, 0.15) is 67.7 Å². The molecule has 28 heavy (non-hydrogen) atoms. The summed E-state index contributed by atoms with van der Waals surface area (Å²) in [5, 5.41) is 1.10. The third-order valence-electron chi connectivity index (χ3n) is 6.84. The van der Waals surface area contributed by atoms with Gasteiger partial charge < -0.3 is 14.5 Å². The number of rotatable bonds is 4. The monoisotopic (exact) mass is 396 g/mol. The molecule has 2 fully saturated rings. The number of ether oxygens (including phenoxy) is 1. The Morgan fingerprint density at radius 3 is 2.71 bits per heavy atom. The van der Waals surface area contributed by atoms with E-state index in [0.717, 1.165) is 47.8 Å². The lowest BCUT2D eigenvalue weighted by Gasteiger charge is -2.38. The van der Waals surface area contributed by atoms with Crippen molar-refractivity contribution in [2.75, 3.05) is 19.6 Å². The standard InChI is InChI=1S/C22H28N4OS/c1-23-13-15-5-10-18-19(15)20-21(24-14-25-22(20)28-18)27-17-8-6-16(7-9-17)26-11-3-2-4-12-26/h14-17H,2-13H2/t15-,16?,17?/m1/s1. The first-order chi connectivity index (χ1) is 13.8. The van der Waals surface area contributed by atoms with Gasteiger partial charge in [-0.1, -0.05) is 6.42 Å². The summed E-state index contributed by atoms with van der Waals surface area (Å²) in [7, 11) is 0. The Labute approximate surface area is 170 Å². The van der Waals surface area contributed by atoms with Gasteiger partial charge in [-0.15, -0.1) is 11.3 Å². The normalized spacial score (nSPS) is 28.2. The summed E-state index contributed by atoms with van der Waals surface area (Å²) in [6, 6.07) is 0.749. The van der Waals surface area contributed by atoms with Crippen LogP contribution in [0.2, 0.25) is 0 Å². The van der Waals surface area contributed by atoms with Crippen LogP contribution in [0.5, 0.6) is 5.88 Å². The van der Waals surface area contributed by atoms with Gasteiger partial charge in [0.15, 0.2) is 0 Å². The van der Waals surface area contributed by atoms with Crippen molar-refractivity contribution in [2.24, 2.45) is 0 Å². The quantitative estimate of drug-likeness (QED) is 0.695. The molecular formula is C22H28N4OS. The smallest absolute Gasteiger partial charge is 0.225 e. The molecule has 148 valence electrons. The fraction of sp³-hybridized carbons (Fsp3) is 0.682. The molecule has 6 heteroatoms. The first-order valence-electron chi connectivity index (χ1n) is 10.8. The number of hydrogen-bond donors (Lipinski definition) is 0. The van der Waals surface area contributed by atoms with Crippen LogP contribution in [0.25, 0.3) is 15.1 Å². The zero-order valence-electron chi connectivity index (χ0n) is 16.4. The molecule has 0 amide bonds. The minimum absolute atomic E-state index is 0.260. The van der Waals surface area contributed by atoms with Crippen molar-refractivity contribution in [3.05, 3.63) is 28.2 Å². The second-order valence-electron chi connectivity index (χ2n) is 8.52. The molecule has 0 unspecified atom stereocenters. The largest absolute Gasteiger partial charge is 0.474 e. The van der Waals surface area contributed by atoms with Gasteiger partial charge >= 0.3 is 0 Å². The van der Waals surface area contributed by atoms with Crippen molar-refractivity contribution in [1.82, 2.24) is 14.9 Å². The van der Waals surface area contributed by atoms with Gasteiger partial charge in [0.25, 0.3) is 0 Å². The number of thiophene rings is 1. The Morgan fingerprint density at radius 1 is 1.11 bits per heavy atom. The van der Waals surface area contributed by atoms with Crippen molar-refractivity contribution in [3.8, 4) is 5.88 Å². The highest BCUT2D eigenvalue weighted by Gasteiger charge is 2.33. The van der Waals surface area contributed by atoms with E-state index in [1.54, 1.807) is 17.7 Å². The van der Waals surface area contributed by atoms with Gasteiger partial charge in [-0.05, 0) is 70.0 Å². The minimum atomic E-state index is 0.260. The molecule has 1 atom stereocenters. The van der Waals surface area contributed by atoms with Gasteiger partial charge in [-0.2, -0.15) is 0 Å². The molecule has 2 aromatic heterocycles. The molecule has 0 aromatic carbocycles. The average Bonchev–Trinajstić information content (AvgIpc) is 3.30. The Hall–Kier alpha value is -1.71. The van der Waals surface area contributed by atoms with Crippen LogP contribution < -0.4 is 4.74 Å². The van der Waals surface area contributed by atoms with Crippen molar-refractivity contribution in [1.29, 1.82) is 0 Å². The number of fused-ring (bicyclic) bond motifs is 3. The molecule has 2 aromatic rings. The maximum absolute atomic E-state index is 7.29. The number of aryl methyl sites for hydroxylation is 1. The van der Waals surface area contributed by atoms with E-state index in [4.69, 9.17) is 11.3 Å². The van der Waals surface area contributed by atoms with Gasteiger partial charge in [-0.25, -0.2) is 16.5 Å². The van der Waals surface area contributed by atoms with Crippen molar-refractivity contribution < 1.29 is 4.74 Å². The lowest BCUT2D eigenvalue weighted by molar-refractivity contribution is 0.0756. The fourth-order valence-electron chi connectivity index (χ4n) is 5.39. The van der Waals surface area contributed by atoms with Crippen molar-refractivity contribution in [3.63, 3.8) is 0 Å². The first-order valence-corrected chi connectivity index (χ1v) is 11.7. The summed E-state index contributed by atoms with van der Waals surface area (Å²) in [5.41, 5.74) is 1.31. The zero-order valence-corrected chi connectivity index (χ0v) is 17.2. The lowest BCUT2D eigenvalue weighted by Crippen LogP contribution is -2.42. The molecule has 5 rings (SSSR count). The summed E-state index contributed by atoms with van der Waals surface area (Å²) in [5.74, 6) is 1.09. The molecule has 3 heterocycles. The Kier molecular flexibility index (Phi) is 5.21. The summed E-state index contributed by atoms with van der Waals surface area (Å²) in [6.07, 6.45) is 12.9. The summed E-state index contributed by atoms with van der Waals surface area (Å²) in [6.45, 7) is 10.4. The first kappa shape index (κ1) is 18.3. The van der Waals surface area contributed by atoms with Gasteiger partial charge in [0, 0.05) is 10.9 Å². The van der Waals surface area contributed by atoms with Gasteiger partial charge in [0.1, 0.15) is 17.3 Å². The third kappa shape index (κ3) is 3.40. The van der Waals surface area contributed by atoms with Crippen LogP contribution in [0.15, 0.2) is 6.33 Å². The van der Waals surface area contributed by atoms with Crippen molar-refractivity contribution in [2.45, 2.75) is 75.9 Å². The highest BCUT2D eigenvalue weighted by molar-refractivity contribution is 7.19. The predicted molar refractivity (Wildman–Crippen MR) is 112 cm³/mol. The molecular weight excluding hydrogens is 368 g/mol. The van der Waals surface area contributed by atoms with E-state index in [1.165, 1.54) is 55.6 Å². The van der Waals surface area contributed by atoms with Crippen LogP contribution in [0.3, 0.4) is 0 Å². The zero-order chi connectivity index (χ0) is 18.9. The molecule has 1 aliphatic heterocycles. The highest BCUT2D eigenvalue weighted by atomic mass is 32.1. The van der Waals surface area contributed by atoms with Crippen LogP contribution in [0.4, 0.5) is 0 Å². The van der Waals surface area contributed by atoms with Gasteiger partial charge in [0.05, 0.1) is 11.3 Å². The van der Waals surface area contributed by atoms with Crippen LogP contribution in [0, 0.1) is 6.57 Å². The van der Waals surface area contributed by atoms with E-state index in [0.29, 0.717) is 12.5 Å². The Bertz CT molecular complexity index is 875. The average molecular weight is 397 g/mol. The Balaban J connectivity index is 1.32. The van der Waals surface area contributed by atoms with E-state index < -0.39 is 0 Å². The SMILES string of the molecule is [C-]#[N+]C[C@H]1CCc2sc3ncnc(OC4CCC(N5CCCCC5)CC4)c3c21. The maximum Gasteiger partial charge on any atom is 0.225 e. The minimum Gasteiger partial charge on any atom is -0.474 e. The molecule has 3 aliphatic rings. The number of nitrogens with zero attached hydrogens (tertiary/aromatic N) is 4. The number of piperidine rings is 1. The van der Waals surface area contributed by atoms with E-state index in [-0.39, 0.29) is 6.10 Å². The number of hydrogen-bond acceptors (Lipinski definition) is 5. The molecule has 0 radical (unpaired) electrons. The van der Waals surface area contributed by atoms with Crippen molar-refractivity contribution >= 4 is 21.6 Å². The summed E-state index contributed by atoms with van der Waals surface area (Å²) >= 11 is 1.77. The maximum atomic E-state index is 7.29. The molecule has 5 nitrogen and oxygen atoms in total. The highest BCUT2D eigenvalue weighted by Crippen LogP contribution is 2.46. The second kappa shape index (κ2) is 7.96. The topological polar surface area (TPSA) is 42.6 Å². The fourth-order valence-corrected chi connectivity index (χ4v) is 6.62. The van der Waals surface area contributed by atoms with Gasteiger partial charge in [-0.3, -0.25) is 0 Å². The molecule has 0 N–H and O–H groups in total. The van der Waals surface area contributed by atoms with E-state index in [9.17, 15) is 0 Å². The summed E-state index contributed by atoms with van der Waals surface area (Å²) in [4.78, 5) is 17.9. The molecule has 0 bridgehead atoms. The molecule has 2 aliphatic carbocycles. The summed E-state index contributed by atoms with van der Waals surface area (Å²) < 4.78 is 6.47. The lowest BCUT2D eigenvalue weighted by atomic mass is 9.90. The number of likely N-dealkylation sites (tertiary alicyclic amines) is 1. The van der Waals surface area contributed by atoms with E-state index in [1.807, 2.05) is 0 Å². The predicted octanol–water partition coefficient (Wildman–Crippen LogP) is 4.82. The number of aromatic nitrogens is 2. The third-order valence-corrected chi connectivity index (χ3v) is 8.01. The second-order valence-corrected chi connectivity index (χ2v) is 9.60. The molecule has 1 saturated carbocycles. The van der Waals surface area contributed by atoms with Crippen LogP contribution in [-0.4, -0.2) is 46.6 Å². The Morgan fingerprint density at radius 2 is 1.93 bits per heavy atom. The van der Waals surface area contributed by atoms with E-state index >= 15 is 0 Å². The van der Waals surface area contributed by atoms with Crippen LogP contribution in [-0.2, 0) is 6.42 Å². The van der Waals surface area contributed by atoms with Crippen LogP contribution >= 0.6 is 11.3 Å².